The molecule has 0 aromatic carbocycles. The predicted octanol–water partition coefficient (Wildman–Crippen LogP) is 3.24. The molecule has 0 radical (unpaired) electrons. The Kier molecular flexibility index (Phi) is 4.48. The molecule has 1 atom stereocenters. The van der Waals surface area contributed by atoms with Crippen molar-refractivity contribution in [3.63, 3.8) is 0 Å². The lowest BCUT2D eigenvalue weighted by Gasteiger charge is -2.33. The van der Waals surface area contributed by atoms with E-state index in [0.29, 0.717) is 11.7 Å². The van der Waals surface area contributed by atoms with Crippen molar-refractivity contribution in [1.82, 2.24) is 15.1 Å². The van der Waals surface area contributed by atoms with E-state index in [4.69, 9.17) is 16.3 Å². The fourth-order valence-corrected chi connectivity index (χ4v) is 2.36. The van der Waals surface area contributed by atoms with E-state index < -0.39 is 5.60 Å². The Bertz CT molecular complexity index is 470. The predicted molar refractivity (Wildman–Crippen MR) is 76.8 cm³/mol. The van der Waals surface area contributed by atoms with Crippen molar-refractivity contribution >= 4 is 17.7 Å². The number of nitrogens with zero attached hydrogens (tertiary/aromatic N) is 3. The summed E-state index contributed by atoms with van der Waals surface area (Å²) in [7, 11) is 0. The zero-order chi connectivity index (χ0) is 14.8. The van der Waals surface area contributed by atoms with Crippen LogP contribution < -0.4 is 0 Å². The first-order valence-corrected chi connectivity index (χ1v) is 7.20. The lowest BCUT2D eigenvalue weighted by molar-refractivity contribution is 0.0197. The second-order valence-electron chi connectivity index (χ2n) is 6.05. The molecule has 0 saturated carbocycles. The van der Waals surface area contributed by atoms with Crippen LogP contribution >= 0.6 is 11.6 Å². The molecule has 1 saturated heterocycles. The normalized spacial score (nSPS) is 19.8. The number of carbonyl (C=O) groups is 1. The van der Waals surface area contributed by atoms with E-state index in [0.717, 1.165) is 25.1 Å². The average Bonchev–Trinajstić information content (AvgIpc) is 2.38. The molecule has 1 amide bonds. The van der Waals surface area contributed by atoms with Crippen LogP contribution in [0.3, 0.4) is 0 Å². The van der Waals surface area contributed by atoms with Crippen LogP contribution in [0.2, 0.25) is 5.15 Å². The van der Waals surface area contributed by atoms with Gasteiger partial charge < -0.3 is 9.64 Å². The van der Waals surface area contributed by atoms with Gasteiger partial charge in [-0.05, 0) is 45.7 Å². The van der Waals surface area contributed by atoms with Crippen molar-refractivity contribution in [3.8, 4) is 0 Å². The van der Waals surface area contributed by atoms with Crippen molar-refractivity contribution in [1.29, 1.82) is 0 Å². The highest BCUT2D eigenvalue weighted by Crippen LogP contribution is 2.26. The standard InChI is InChI=1S/C14H20ClN3O2/c1-14(2,3)20-13(19)18-8-4-5-10(9-18)11-6-7-12(15)17-16-11/h6-7,10H,4-5,8-9H2,1-3H3. The van der Waals surface area contributed by atoms with Crippen molar-refractivity contribution < 1.29 is 9.53 Å². The van der Waals surface area contributed by atoms with Gasteiger partial charge in [-0.3, -0.25) is 0 Å². The molecule has 1 aliphatic heterocycles. The Balaban J connectivity index is 2.01. The number of aromatic nitrogens is 2. The average molecular weight is 298 g/mol. The lowest BCUT2D eigenvalue weighted by atomic mass is 9.95. The van der Waals surface area contributed by atoms with Crippen LogP contribution in [0.1, 0.15) is 45.2 Å². The molecule has 0 spiro atoms. The van der Waals surface area contributed by atoms with Crippen LogP contribution in [0.15, 0.2) is 12.1 Å². The molecular weight excluding hydrogens is 278 g/mol. The lowest BCUT2D eigenvalue weighted by Crippen LogP contribution is -2.42. The van der Waals surface area contributed by atoms with Crippen LogP contribution in [0.25, 0.3) is 0 Å². The fourth-order valence-electron chi connectivity index (χ4n) is 2.25. The highest BCUT2D eigenvalue weighted by atomic mass is 35.5. The van der Waals surface area contributed by atoms with E-state index in [-0.39, 0.29) is 12.0 Å². The first kappa shape index (κ1) is 15.0. The van der Waals surface area contributed by atoms with Gasteiger partial charge in [0.25, 0.3) is 0 Å². The molecule has 1 fully saturated rings. The maximum atomic E-state index is 12.1. The van der Waals surface area contributed by atoms with Crippen LogP contribution in [0.4, 0.5) is 4.79 Å². The maximum absolute atomic E-state index is 12.1. The van der Waals surface area contributed by atoms with Gasteiger partial charge in [-0.1, -0.05) is 11.6 Å². The Morgan fingerprint density at radius 3 is 2.75 bits per heavy atom. The zero-order valence-corrected chi connectivity index (χ0v) is 12.9. The van der Waals surface area contributed by atoms with Gasteiger partial charge in [0.1, 0.15) is 5.60 Å². The number of halogens is 1. The summed E-state index contributed by atoms with van der Waals surface area (Å²) < 4.78 is 5.41. The van der Waals surface area contributed by atoms with Gasteiger partial charge in [0.2, 0.25) is 0 Å². The Labute approximate surface area is 124 Å². The monoisotopic (exact) mass is 297 g/mol. The van der Waals surface area contributed by atoms with E-state index in [1.165, 1.54) is 0 Å². The second-order valence-corrected chi connectivity index (χ2v) is 6.43. The molecule has 0 N–H and O–H groups in total. The quantitative estimate of drug-likeness (QED) is 0.798. The summed E-state index contributed by atoms with van der Waals surface area (Å²) in [6, 6.07) is 3.61. The maximum Gasteiger partial charge on any atom is 0.410 e. The van der Waals surface area contributed by atoms with Gasteiger partial charge in [0.05, 0.1) is 5.69 Å². The molecule has 2 rings (SSSR count). The van der Waals surface area contributed by atoms with Crippen molar-refractivity contribution in [3.05, 3.63) is 23.0 Å². The van der Waals surface area contributed by atoms with E-state index in [1.807, 2.05) is 26.8 Å². The van der Waals surface area contributed by atoms with Gasteiger partial charge in [-0.15, -0.1) is 5.10 Å². The van der Waals surface area contributed by atoms with E-state index in [1.54, 1.807) is 11.0 Å². The highest BCUT2D eigenvalue weighted by molar-refractivity contribution is 6.29. The summed E-state index contributed by atoms with van der Waals surface area (Å²) in [4.78, 5) is 13.8. The van der Waals surface area contributed by atoms with Crippen molar-refractivity contribution in [2.45, 2.75) is 45.1 Å². The zero-order valence-electron chi connectivity index (χ0n) is 12.1. The number of piperidine rings is 1. The molecule has 0 bridgehead atoms. The Morgan fingerprint density at radius 2 is 2.15 bits per heavy atom. The Morgan fingerprint density at radius 1 is 1.40 bits per heavy atom. The molecule has 0 aliphatic carbocycles. The molecule has 6 heteroatoms. The van der Waals surface area contributed by atoms with E-state index in [9.17, 15) is 4.79 Å². The molecule has 5 nitrogen and oxygen atoms in total. The summed E-state index contributed by atoms with van der Waals surface area (Å²) in [5, 5.41) is 8.36. The SMILES string of the molecule is CC(C)(C)OC(=O)N1CCCC(c2ccc(Cl)nn2)C1. The second kappa shape index (κ2) is 5.95. The third kappa shape index (κ3) is 4.07. The van der Waals surface area contributed by atoms with E-state index in [2.05, 4.69) is 10.2 Å². The van der Waals surface area contributed by atoms with Crippen LogP contribution in [-0.4, -0.2) is 39.9 Å². The summed E-state index contributed by atoms with van der Waals surface area (Å²) in [6.45, 7) is 6.96. The number of ether oxygens (including phenoxy) is 1. The summed E-state index contributed by atoms with van der Waals surface area (Å²) in [5.74, 6) is 0.195. The minimum atomic E-state index is -0.468. The summed E-state index contributed by atoms with van der Waals surface area (Å²) >= 11 is 5.74. The highest BCUT2D eigenvalue weighted by Gasteiger charge is 2.29. The smallest absolute Gasteiger partial charge is 0.410 e. The van der Waals surface area contributed by atoms with Crippen molar-refractivity contribution in [2.24, 2.45) is 0 Å². The van der Waals surface area contributed by atoms with Gasteiger partial charge in [0.15, 0.2) is 5.15 Å². The number of hydrogen-bond acceptors (Lipinski definition) is 4. The number of hydrogen-bond donors (Lipinski definition) is 0. The fraction of sp³-hybridized carbons (Fsp3) is 0.643. The number of rotatable bonds is 1. The number of likely N-dealkylation sites (tertiary alicyclic amines) is 1. The van der Waals surface area contributed by atoms with Crippen LogP contribution in [0.5, 0.6) is 0 Å². The number of amides is 1. The summed E-state index contributed by atoms with van der Waals surface area (Å²) in [6.07, 6.45) is 1.67. The van der Waals surface area contributed by atoms with Crippen LogP contribution in [-0.2, 0) is 4.74 Å². The van der Waals surface area contributed by atoms with Crippen molar-refractivity contribution in [2.75, 3.05) is 13.1 Å². The summed E-state index contributed by atoms with van der Waals surface area (Å²) in [5.41, 5.74) is 0.409. The molecule has 110 valence electrons. The molecule has 1 aromatic heterocycles. The number of carbonyl (C=O) groups excluding carboxylic acids is 1. The molecule has 1 unspecified atom stereocenters. The molecule has 2 heterocycles. The first-order chi connectivity index (χ1) is 9.35. The third-order valence-corrected chi connectivity index (χ3v) is 3.35. The molecular formula is C14H20ClN3O2. The molecule has 1 aliphatic rings. The molecule has 20 heavy (non-hydrogen) atoms. The first-order valence-electron chi connectivity index (χ1n) is 6.82. The van der Waals surface area contributed by atoms with Crippen LogP contribution in [0, 0.1) is 0 Å². The van der Waals surface area contributed by atoms with Gasteiger partial charge in [0, 0.05) is 19.0 Å². The topological polar surface area (TPSA) is 55.3 Å². The van der Waals surface area contributed by atoms with Gasteiger partial charge in [-0.2, -0.15) is 5.10 Å². The van der Waals surface area contributed by atoms with Gasteiger partial charge >= 0.3 is 6.09 Å². The minimum absolute atomic E-state index is 0.195. The largest absolute Gasteiger partial charge is 0.444 e. The van der Waals surface area contributed by atoms with E-state index >= 15 is 0 Å². The third-order valence-electron chi connectivity index (χ3n) is 3.14. The minimum Gasteiger partial charge on any atom is -0.444 e. The molecule has 1 aromatic rings. The van der Waals surface area contributed by atoms with Gasteiger partial charge in [-0.25, -0.2) is 4.79 Å². The Hall–Kier alpha value is -1.36.